The molecule has 0 bridgehead atoms. The van der Waals surface area contributed by atoms with E-state index in [9.17, 15) is 9.59 Å². The van der Waals surface area contributed by atoms with Crippen LogP contribution in [0.5, 0.6) is 11.5 Å². The van der Waals surface area contributed by atoms with Crippen LogP contribution in [-0.2, 0) is 4.79 Å². The highest BCUT2D eigenvalue weighted by Gasteiger charge is 2.19. The molecule has 26 heavy (non-hydrogen) atoms. The van der Waals surface area contributed by atoms with Gasteiger partial charge in [0.25, 0.3) is 5.56 Å². The molecule has 2 heterocycles. The van der Waals surface area contributed by atoms with E-state index < -0.39 is 5.41 Å². The lowest BCUT2D eigenvalue weighted by Crippen LogP contribution is -2.22. The highest BCUT2D eigenvalue weighted by molar-refractivity contribution is 7.07. The van der Waals surface area contributed by atoms with Gasteiger partial charge in [-0.2, -0.15) is 0 Å². The van der Waals surface area contributed by atoms with Gasteiger partial charge >= 0.3 is 0 Å². The van der Waals surface area contributed by atoms with Crippen molar-refractivity contribution < 1.29 is 14.3 Å². The van der Waals surface area contributed by atoms with Crippen molar-refractivity contribution in [2.45, 2.75) is 27.2 Å². The topological polar surface area (TPSA) is 68.4 Å². The molecule has 5 nitrogen and oxygen atoms in total. The fraction of sp³-hybridized carbons (Fsp3) is 0.368. The minimum Gasteiger partial charge on any atom is -0.489 e. The lowest BCUT2D eigenvalue weighted by atomic mass is 9.91. The largest absolute Gasteiger partial charge is 0.489 e. The minimum atomic E-state index is -0.493. The maximum Gasteiger partial charge on any atom is 0.266 e. The quantitative estimate of drug-likeness (QED) is 0.851. The maximum absolute atomic E-state index is 12.2. The monoisotopic (exact) mass is 393 g/mol. The molecule has 0 unspecified atom stereocenters. The summed E-state index contributed by atoms with van der Waals surface area (Å²) >= 11 is 7.52. The van der Waals surface area contributed by atoms with Crippen LogP contribution in [0.1, 0.15) is 32.8 Å². The molecule has 2 aromatic rings. The fourth-order valence-electron chi connectivity index (χ4n) is 2.35. The van der Waals surface area contributed by atoms with Crippen molar-refractivity contribution in [3.8, 4) is 11.5 Å². The van der Waals surface area contributed by atoms with Crippen molar-refractivity contribution in [2.24, 2.45) is 5.41 Å². The SMILES string of the molecule is CC(C)(C)C(=O)/C=c1\[nH]c(=O)/c(=C/c2cc(Cl)c3c(c2)OCCCO3)s1. The summed E-state index contributed by atoms with van der Waals surface area (Å²) in [5.41, 5.74) is -0.00131. The van der Waals surface area contributed by atoms with Crippen molar-refractivity contribution in [2.75, 3.05) is 13.2 Å². The van der Waals surface area contributed by atoms with Gasteiger partial charge in [-0.3, -0.25) is 9.59 Å². The number of thiazole rings is 1. The highest BCUT2D eigenvalue weighted by atomic mass is 35.5. The van der Waals surface area contributed by atoms with E-state index in [0.717, 1.165) is 12.0 Å². The number of hydrogen-bond donors (Lipinski definition) is 1. The van der Waals surface area contributed by atoms with E-state index in [4.69, 9.17) is 21.1 Å². The van der Waals surface area contributed by atoms with Gasteiger partial charge in [0.2, 0.25) is 0 Å². The smallest absolute Gasteiger partial charge is 0.266 e. The van der Waals surface area contributed by atoms with Gasteiger partial charge in [-0.1, -0.05) is 32.4 Å². The van der Waals surface area contributed by atoms with Crippen LogP contribution in [0.2, 0.25) is 5.02 Å². The molecule has 0 saturated carbocycles. The normalized spacial score (nSPS) is 15.8. The van der Waals surface area contributed by atoms with Gasteiger partial charge in [0.05, 0.1) is 27.4 Å². The third-order valence-electron chi connectivity index (χ3n) is 3.80. The number of rotatable bonds is 2. The average molecular weight is 394 g/mol. The van der Waals surface area contributed by atoms with Crippen molar-refractivity contribution in [1.82, 2.24) is 4.98 Å². The fourth-order valence-corrected chi connectivity index (χ4v) is 3.50. The van der Waals surface area contributed by atoms with E-state index in [2.05, 4.69) is 4.98 Å². The first-order chi connectivity index (χ1) is 12.2. The summed E-state index contributed by atoms with van der Waals surface area (Å²) in [6, 6.07) is 3.54. The predicted molar refractivity (Wildman–Crippen MR) is 104 cm³/mol. The van der Waals surface area contributed by atoms with E-state index in [-0.39, 0.29) is 11.3 Å². The number of ketones is 1. The second-order valence-corrected chi connectivity index (χ2v) is 8.56. The van der Waals surface area contributed by atoms with Crippen LogP contribution in [-0.4, -0.2) is 24.0 Å². The van der Waals surface area contributed by atoms with Gasteiger partial charge in [0.1, 0.15) is 0 Å². The third-order valence-corrected chi connectivity index (χ3v) is 5.05. The number of fused-ring (bicyclic) bond motifs is 1. The molecule has 0 atom stereocenters. The summed E-state index contributed by atoms with van der Waals surface area (Å²) in [6.07, 6.45) is 3.99. The van der Waals surface area contributed by atoms with E-state index in [1.165, 1.54) is 17.4 Å². The lowest BCUT2D eigenvalue weighted by molar-refractivity contribution is -0.119. The number of nitrogens with one attached hydrogen (secondary N) is 1. The molecule has 1 aromatic carbocycles. The number of carbonyl (C=O) groups excluding carboxylic acids is 1. The summed E-state index contributed by atoms with van der Waals surface area (Å²) < 4.78 is 12.3. The molecule has 0 fully saturated rings. The van der Waals surface area contributed by atoms with Crippen molar-refractivity contribution in [3.05, 3.63) is 42.3 Å². The van der Waals surface area contributed by atoms with Gasteiger partial charge in [0.15, 0.2) is 17.3 Å². The van der Waals surface area contributed by atoms with Crippen molar-refractivity contribution >= 4 is 40.9 Å². The van der Waals surface area contributed by atoms with Gasteiger partial charge < -0.3 is 14.5 Å². The van der Waals surface area contributed by atoms with Gasteiger partial charge in [-0.05, 0) is 23.8 Å². The van der Waals surface area contributed by atoms with Gasteiger partial charge in [-0.15, -0.1) is 11.3 Å². The zero-order valence-corrected chi connectivity index (χ0v) is 16.4. The Balaban J connectivity index is 2.03. The van der Waals surface area contributed by atoms with Crippen LogP contribution in [0, 0.1) is 5.41 Å². The molecule has 1 N–H and O–H groups in total. The number of carbonyl (C=O) groups is 1. The van der Waals surface area contributed by atoms with Crippen LogP contribution in [0.15, 0.2) is 16.9 Å². The zero-order valence-electron chi connectivity index (χ0n) is 14.8. The summed E-state index contributed by atoms with van der Waals surface area (Å²) in [5, 5.41) is 0.443. The standard InChI is InChI=1S/C19H20ClNO4S/c1-19(2,3)15(22)10-16-21-18(23)14(26-16)9-11-7-12(20)17-13(8-11)24-5-4-6-25-17/h7-10H,4-6H2,1-3H3,(H,21,23)/b14-9-,16-10+. The molecule has 138 valence electrons. The van der Waals surface area contributed by atoms with E-state index in [0.29, 0.717) is 38.9 Å². The highest BCUT2D eigenvalue weighted by Crippen LogP contribution is 2.38. The second-order valence-electron chi connectivity index (χ2n) is 7.07. The number of Topliss-reactive ketones (excluding diaryl/α,β-unsaturated/α-hetero) is 1. The predicted octanol–water partition coefficient (Wildman–Crippen LogP) is 2.48. The van der Waals surface area contributed by atoms with Crippen LogP contribution in [0.25, 0.3) is 12.2 Å². The Bertz CT molecular complexity index is 1010. The molecule has 1 aromatic heterocycles. The minimum absolute atomic E-state index is 0.0415. The Labute approximate surface area is 159 Å². The Morgan fingerprint density at radius 2 is 2.00 bits per heavy atom. The summed E-state index contributed by atoms with van der Waals surface area (Å²) in [4.78, 5) is 27.1. The molecular formula is C19H20ClNO4S. The molecule has 7 heteroatoms. The number of aromatic nitrogens is 1. The average Bonchev–Trinajstić information content (AvgIpc) is 2.74. The molecule has 0 saturated heterocycles. The van der Waals surface area contributed by atoms with Gasteiger partial charge in [0, 0.05) is 17.9 Å². The van der Waals surface area contributed by atoms with Crippen molar-refractivity contribution in [3.63, 3.8) is 0 Å². The summed E-state index contributed by atoms with van der Waals surface area (Å²) in [6.45, 7) is 6.63. The molecule has 1 aliphatic rings. The number of aromatic amines is 1. The lowest BCUT2D eigenvalue weighted by Gasteiger charge is -2.12. The van der Waals surface area contributed by atoms with Crippen LogP contribution >= 0.6 is 22.9 Å². The first-order valence-corrected chi connectivity index (χ1v) is 9.49. The Morgan fingerprint density at radius 1 is 1.27 bits per heavy atom. The molecule has 3 rings (SSSR count). The first kappa shape index (κ1) is 18.7. The molecular weight excluding hydrogens is 374 g/mol. The number of hydrogen-bond acceptors (Lipinski definition) is 5. The molecule has 0 radical (unpaired) electrons. The van der Waals surface area contributed by atoms with Gasteiger partial charge in [-0.25, -0.2) is 0 Å². The summed E-state index contributed by atoms with van der Waals surface area (Å²) in [5.74, 6) is 1.07. The third kappa shape index (κ3) is 4.19. The summed E-state index contributed by atoms with van der Waals surface area (Å²) in [7, 11) is 0. The zero-order chi connectivity index (χ0) is 18.9. The van der Waals surface area contributed by atoms with Crippen LogP contribution in [0.3, 0.4) is 0 Å². The Hall–Kier alpha value is -2.05. The van der Waals surface area contributed by atoms with E-state index >= 15 is 0 Å². The van der Waals surface area contributed by atoms with Crippen LogP contribution < -0.4 is 24.2 Å². The number of benzene rings is 1. The number of halogens is 1. The first-order valence-electron chi connectivity index (χ1n) is 8.30. The Morgan fingerprint density at radius 3 is 2.73 bits per heavy atom. The number of H-pyrrole nitrogens is 1. The number of ether oxygens (including phenoxy) is 2. The van der Waals surface area contributed by atoms with E-state index in [1.807, 2.05) is 20.8 Å². The maximum atomic E-state index is 12.2. The van der Waals surface area contributed by atoms with Crippen LogP contribution in [0.4, 0.5) is 0 Å². The van der Waals surface area contributed by atoms with Crippen molar-refractivity contribution in [1.29, 1.82) is 0 Å². The molecule has 0 amide bonds. The molecule has 0 aliphatic carbocycles. The Kier molecular flexibility index (Phi) is 5.25. The second kappa shape index (κ2) is 7.29. The molecule has 0 spiro atoms. The van der Waals surface area contributed by atoms with E-state index in [1.54, 1.807) is 18.2 Å². The molecule has 1 aliphatic heterocycles.